The highest BCUT2D eigenvalue weighted by molar-refractivity contribution is 5.67. The van der Waals surface area contributed by atoms with Gasteiger partial charge in [0.1, 0.15) is 5.82 Å². The van der Waals surface area contributed by atoms with E-state index < -0.39 is 5.97 Å². The average molecular weight is 212 g/mol. The highest BCUT2D eigenvalue weighted by atomic mass is 16.5. The SMILES string of the molecule is COCCC(CC(=O)O)c1nccn1C. The Hall–Kier alpha value is -1.36. The fraction of sp³-hybridized carbons (Fsp3) is 0.600. The minimum Gasteiger partial charge on any atom is -0.481 e. The summed E-state index contributed by atoms with van der Waals surface area (Å²) in [5.74, 6) is -0.0870. The summed E-state index contributed by atoms with van der Waals surface area (Å²) < 4.78 is 6.81. The molecule has 0 saturated carbocycles. The Morgan fingerprint density at radius 3 is 2.93 bits per heavy atom. The van der Waals surface area contributed by atoms with Crippen molar-refractivity contribution in [2.75, 3.05) is 13.7 Å². The minimum absolute atomic E-state index is 0.0811. The maximum Gasteiger partial charge on any atom is 0.304 e. The van der Waals surface area contributed by atoms with Gasteiger partial charge < -0.3 is 14.4 Å². The molecule has 0 aliphatic heterocycles. The van der Waals surface area contributed by atoms with E-state index in [9.17, 15) is 4.79 Å². The van der Waals surface area contributed by atoms with Crippen LogP contribution in [0.15, 0.2) is 12.4 Å². The zero-order valence-corrected chi connectivity index (χ0v) is 9.01. The van der Waals surface area contributed by atoms with Gasteiger partial charge in [-0.1, -0.05) is 0 Å². The number of carboxylic acids is 1. The normalized spacial score (nSPS) is 12.7. The number of carbonyl (C=O) groups is 1. The molecule has 1 N–H and O–H groups in total. The van der Waals surface area contributed by atoms with Gasteiger partial charge in [0.2, 0.25) is 0 Å². The van der Waals surface area contributed by atoms with Gasteiger partial charge in [-0.3, -0.25) is 4.79 Å². The molecule has 0 spiro atoms. The molecule has 1 aromatic rings. The van der Waals surface area contributed by atoms with Crippen LogP contribution in [0.3, 0.4) is 0 Å². The van der Waals surface area contributed by atoms with E-state index in [1.54, 1.807) is 13.3 Å². The second-order valence-electron chi connectivity index (χ2n) is 3.47. The Labute approximate surface area is 88.7 Å². The summed E-state index contributed by atoms with van der Waals surface area (Å²) in [6, 6.07) is 0. The van der Waals surface area contributed by atoms with Crippen LogP contribution in [0.2, 0.25) is 0 Å². The number of hydrogen-bond acceptors (Lipinski definition) is 3. The number of aliphatic carboxylic acids is 1. The number of aryl methyl sites for hydroxylation is 1. The number of carboxylic acid groups (broad SMARTS) is 1. The lowest BCUT2D eigenvalue weighted by Crippen LogP contribution is -2.13. The van der Waals surface area contributed by atoms with E-state index in [1.807, 2.05) is 17.8 Å². The van der Waals surface area contributed by atoms with Crippen molar-refractivity contribution < 1.29 is 14.6 Å². The van der Waals surface area contributed by atoms with Crippen molar-refractivity contribution in [1.29, 1.82) is 0 Å². The molecule has 1 aromatic heterocycles. The summed E-state index contributed by atoms with van der Waals surface area (Å²) in [4.78, 5) is 14.9. The van der Waals surface area contributed by atoms with E-state index in [0.29, 0.717) is 13.0 Å². The molecule has 0 radical (unpaired) electrons. The molecule has 15 heavy (non-hydrogen) atoms. The van der Waals surface area contributed by atoms with E-state index in [1.165, 1.54) is 0 Å². The Morgan fingerprint density at radius 2 is 2.47 bits per heavy atom. The third kappa shape index (κ3) is 3.36. The van der Waals surface area contributed by atoms with E-state index in [2.05, 4.69) is 4.98 Å². The molecule has 0 aliphatic rings. The summed E-state index contributed by atoms with van der Waals surface area (Å²) in [5, 5.41) is 8.80. The lowest BCUT2D eigenvalue weighted by molar-refractivity contribution is -0.137. The van der Waals surface area contributed by atoms with Crippen LogP contribution >= 0.6 is 0 Å². The summed E-state index contributed by atoms with van der Waals surface area (Å²) in [6.45, 7) is 0.546. The number of hydrogen-bond donors (Lipinski definition) is 1. The molecule has 0 amide bonds. The second kappa shape index (κ2) is 5.50. The van der Waals surface area contributed by atoms with E-state index in [-0.39, 0.29) is 12.3 Å². The largest absolute Gasteiger partial charge is 0.481 e. The van der Waals surface area contributed by atoms with Crippen molar-refractivity contribution in [3.8, 4) is 0 Å². The van der Waals surface area contributed by atoms with Gasteiger partial charge in [-0.15, -0.1) is 0 Å². The molecule has 0 saturated heterocycles. The van der Waals surface area contributed by atoms with Crippen molar-refractivity contribution in [3.63, 3.8) is 0 Å². The van der Waals surface area contributed by atoms with E-state index in [4.69, 9.17) is 9.84 Å². The summed E-state index contributed by atoms with van der Waals surface area (Å²) in [6.07, 6.45) is 4.26. The first-order valence-corrected chi connectivity index (χ1v) is 4.83. The van der Waals surface area contributed by atoms with Crippen molar-refractivity contribution in [3.05, 3.63) is 18.2 Å². The molecule has 0 bridgehead atoms. The number of imidazole rings is 1. The third-order valence-electron chi connectivity index (χ3n) is 2.32. The van der Waals surface area contributed by atoms with Gasteiger partial charge in [-0.25, -0.2) is 4.98 Å². The molecule has 0 aliphatic carbocycles. The molecular formula is C10H16N2O3. The van der Waals surface area contributed by atoms with Crippen LogP contribution in [0.25, 0.3) is 0 Å². The maximum absolute atomic E-state index is 10.7. The van der Waals surface area contributed by atoms with Crippen molar-refractivity contribution in [2.24, 2.45) is 7.05 Å². The van der Waals surface area contributed by atoms with Gasteiger partial charge in [0.05, 0.1) is 6.42 Å². The maximum atomic E-state index is 10.7. The first-order chi connectivity index (χ1) is 7.15. The fourth-order valence-electron chi connectivity index (χ4n) is 1.56. The van der Waals surface area contributed by atoms with Gasteiger partial charge in [-0.2, -0.15) is 0 Å². The van der Waals surface area contributed by atoms with Crippen LogP contribution in [0.4, 0.5) is 0 Å². The predicted molar refractivity (Wildman–Crippen MR) is 54.7 cm³/mol. The molecule has 84 valence electrons. The zero-order chi connectivity index (χ0) is 11.3. The van der Waals surface area contributed by atoms with Gasteiger partial charge in [-0.05, 0) is 6.42 Å². The van der Waals surface area contributed by atoms with Crippen molar-refractivity contribution >= 4 is 5.97 Å². The smallest absolute Gasteiger partial charge is 0.304 e. The first kappa shape index (κ1) is 11.7. The summed E-state index contributed by atoms with van der Waals surface area (Å²) >= 11 is 0. The minimum atomic E-state index is -0.806. The Balaban J connectivity index is 2.71. The number of methoxy groups -OCH3 is 1. The lowest BCUT2D eigenvalue weighted by Gasteiger charge is -2.13. The Bertz CT molecular complexity index is 322. The molecule has 5 nitrogen and oxygen atoms in total. The summed E-state index contributed by atoms with van der Waals surface area (Å²) in [5.41, 5.74) is 0. The fourth-order valence-corrected chi connectivity index (χ4v) is 1.56. The topological polar surface area (TPSA) is 64.3 Å². The number of aromatic nitrogens is 2. The van der Waals surface area contributed by atoms with Crippen LogP contribution in [0.5, 0.6) is 0 Å². The lowest BCUT2D eigenvalue weighted by atomic mass is 10.0. The number of ether oxygens (including phenoxy) is 1. The number of nitrogens with zero attached hydrogens (tertiary/aromatic N) is 2. The van der Waals surface area contributed by atoms with Gasteiger partial charge in [0, 0.05) is 39.1 Å². The van der Waals surface area contributed by atoms with Gasteiger partial charge in [0.25, 0.3) is 0 Å². The second-order valence-corrected chi connectivity index (χ2v) is 3.47. The van der Waals surface area contributed by atoms with Crippen molar-refractivity contribution in [2.45, 2.75) is 18.8 Å². The molecule has 1 heterocycles. The highest BCUT2D eigenvalue weighted by Crippen LogP contribution is 2.21. The van der Waals surface area contributed by atoms with E-state index in [0.717, 1.165) is 5.82 Å². The standard InChI is InChI=1S/C10H16N2O3/c1-12-5-4-11-10(12)8(3-6-15-2)7-9(13)14/h4-5,8H,3,6-7H2,1-2H3,(H,13,14). The molecule has 1 rings (SSSR count). The Morgan fingerprint density at radius 1 is 1.73 bits per heavy atom. The molecule has 0 aromatic carbocycles. The Kier molecular flexibility index (Phi) is 4.30. The molecule has 1 unspecified atom stereocenters. The molecule has 1 atom stereocenters. The van der Waals surface area contributed by atoms with E-state index >= 15 is 0 Å². The van der Waals surface area contributed by atoms with Gasteiger partial charge >= 0.3 is 5.97 Å². The van der Waals surface area contributed by atoms with Crippen LogP contribution < -0.4 is 0 Å². The first-order valence-electron chi connectivity index (χ1n) is 4.83. The number of rotatable bonds is 6. The zero-order valence-electron chi connectivity index (χ0n) is 9.01. The van der Waals surface area contributed by atoms with Crippen molar-refractivity contribution in [1.82, 2.24) is 9.55 Å². The van der Waals surface area contributed by atoms with Crippen LogP contribution in [-0.2, 0) is 16.6 Å². The molecule has 5 heteroatoms. The highest BCUT2D eigenvalue weighted by Gasteiger charge is 2.18. The predicted octanol–water partition coefficient (Wildman–Crippen LogP) is 1.01. The van der Waals surface area contributed by atoms with Gasteiger partial charge in [0.15, 0.2) is 0 Å². The third-order valence-corrected chi connectivity index (χ3v) is 2.32. The van der Waals surface area contributed by atoms with Crippen LogP contribution in [0, 0.1) is 0 Å². The summed E-state index contributed by atoms with van der Waals surface area (Å²) in [7, 11) is 3.47. The molecular weight excluding hydrogens is 196 g/mol. The van der Waals surface area contributed by atoms with Crippen LogP contribution in [-0.4, -0.2) is 34.3 Å². The average Bonchev–Trinajstić information content (AvgIpc) is 2.58. The quantitative estimate of drug-likeness (QED) is 0.764. The van der Waals surface area contributed by atoms with Crippen LogP contribution in [0.1, 0.15) is 24.6 Å². The molecule has 0 fully saturated rings. The monoisotopic (exact) mass is 212 g/mol.